The Morgan fingerprint density at radius 2 is 1.41 bits per heavy atom. The van der Waals surface area contributed by atoms with E-state index in [-0.39, 0.29) is 58.5 Å². The van der Waals surface area contributed by atoms with Gasteiger partial charge >= 0.3 is 41.9 Å². The van der Waals surface area contributed by atoms with E-state index in [1.54, 1.807) is 111 Å². The topological polar surface area (TPSA) is 366 Å². The maximum absolute atomic E-state index is 16.0. The summed E-state index contributed by atoms with van der Waals surface area (Å²) < 4.78 is 56.3. The predicted octanol–water partition coefficient (Wildman–Crippen LogP) is 4.87. The highest BCUT2D eigenvalue weighted by Crippen LogP contribution is 2.64. The van der Waals surface area contributed by atoms with Gasteiger partial charge in [-0.1, -0.05) is 125 Å². The summed E-state index contributed by atoms with van der Waals surface area (Å²) in [5.74, 6) is -13.1. The minimum atomic E-state index is -2.58. The van der Waals surface area contributed by atoms with Crippen LogP contribution in [0.1, 0.15) is 113 Å². The number of ketones is 2. The molecule has 3 saturated carbocycles. The summed E-state index contributed by atoms with van der Waals surface area (Å²) >= 11 is 0. The molecule has 2 aliphatic heterocycles. The number of fused-ring (bicyclic) bond motifs is 6. The van der Waals surface area contributed by atoms with Gasteiger partial charge in [0.2, 0.25) is 12.0 Å². The van der Waals surface area contributed by atoms with Gasteiger partial charge in [-0.05, 0) is 71.4 Å². The molecule has 0 radical (unpaired) electrons. The standard InChI is InChI=1S/C71H77N3O22S/c1-37-45(31-71(88)61(95-64(85)43-27-19-12-20-28-43)59-69(8,46(77)30-47-70(59,36-91-47)96-39(3)76)60(81)56(92-38(2)75)52(37)68(71,6)7)93-65(86)57(53(41-23-15-10-16-24-41)74-62(82)42-25-17-11-18-26-42)94-49(79)32-67(4,5)35-72-66(87)90-33-44-34-97(89)58-51(50(44)63(83)84)55(80)54(58)73-48(78)29-40-21-13-9-14-22-40/h9-28,45-47,51,53-54,56-59,61,77,88H,29-36H2,1-8H3,(H,72,87)(H,73,78)(H,74,82)(H,83,84)/t45-,46-,47+,51?,53-,54?,56+,57+,58?,59-,61-,69+,70-,71+,97?/m0/s1. The molecular formula is C71H77N3O22S. The molecule has 2 heterocycles. The van der Waals surface area contributed by atoms with Crippen molar-refractivity contribution in [2.24, 2.45) is 28.1 Å². The first-order valence-corrected chi connectivity index (χ1v) is 33.0. The second-order valence-electron chi connectivity index (χ2n) is 27.0. The average Bonchev–Trinajstić information content (AvgIpc) is 0.668. The summed E-state index contributed by atoms with van der Waals surface area (Å²) in [6.07, 6.45) is -13.3. The molecule has 97 heavy (non-hydrogen) atoms. The molecule has 0 aromatic heterocycles. The average molecular weight is 1360 g/mol. The summed E-state index contributed by atoms with van der Waals surface area (Å²) in [7, 11) is -1.88. The molecule has 4 unspecified atom stereocenters. The number of ether oxygens (including phenoxy) is 7. The van der Waals surface area contributed by atoms with Crippen LogP contribution in [0.15, 0.2) is 144 Å². The number of esters is 5. The van der Waals surface area contributed by atoms with E-state index >= 15 is 9.59 Å². The Morgan fingerprint density at radius 3 is 2.00 bits per heavy atom. The minimum absolute atomic E-state index is 0.0107. The number of benzene rings is 4. The number of carboxylic acids is 1. The van der Waals surface area contributed by atoms with E-state index in [0.29, 0.717) is 5.56 Å². The number of carboxylic acid groups (broad SMARTS) is 1. The van der Waals surface area contributed by atoms with Crippen molar-refractivity contribution < 1.29 is 105 Å². The van der Waals surface area contributed by atoms with Gasteiger partial charge in [0, 0.05) is 60.8 Å². The molecular weight excluding hydrogens is 1280 g/mol. The zero-order chi connectivity index (χ0) is 70.3. The van der Waals surface area contributed by atoms with Gasteiger partial charge in [0.25, 0.3) is 5.91 Å². The number of amides is 3. The zero-order valence-electron chi connectivity index (χ0n) is 54.6. The Morgan fingerprint density at radius 1 is 0.804 bits per heavy atom. The zero-order valence-corrected chi connectivity index (χ0v) is 55.4. The van der Waals surface area contributed by atoms with Crippen LogP contribution < -0.4 is 16.0 Å². The third-order valence-corrected chi connectivity index (χ3v) is 21.5. The second kappa shape index (κ2) is 27.7. The van der Waals surface area contributed by atoms with Crippen LogP contribution in [0.25, 0.3) is 0 Å². The lowest BCUT2D eigenvalue weighted by molar-refractivity contribution is -0.346. The SMILES string of the molecule is CC(=O)O[C@H]1C(=O)[C@@]2(C)[C@H]([C@H](OC(=O)c3ccccc3)[C@]3(O)C[C@H](OC(=O)[C@H](OC(=O)CC(C)(C)CNC(=O)OCC4=C(C(=O)O)C5C(=O)C(NC(=O)Cc6ccccc6)C5S(=O)C4)[C@@H](NC(=O)c4ccccc4)c4ccccc4)C(C)=C1C3(C)C)[C@]1(OC(C)=O)CO[C@@H]1C[C@@H]2O. The maximum atomic E-state index is 16.0. The van der Waals surface area contributed by atoms with Crippen molar-refractivity contribution in [2.45, 2.75) is 146 Å². The quantitative estimate of drug-likeness (QED) is 0.0368. The Bertz CT molecular complexity index is 3900. The number of rotatable bonds is 21. The molecule has 514 valence electrons. The number of aliphatic hydroxyl groups is 2. The molecule has 15 atom stereocenters. The monoisotopic (exact) mass is 1360 g/mol. The van der Waals surface area contributed by atoms with Gasteiger partial charge in [-0.25, -0.2) is 19.2 Å². The van der Waals surface area contributed by atoms with Crippen LogP contribution in [0, 0.1) is 28.1 Å². The van der Waals surface area contributed by atoms with Gasteiger partial charge in [0.15, 0.2) is 23.3 Å². The van der Waals surface area contributed by atoms with Gasteiger partial charge in [-0.2, -0.15) is 0 Å². The molecule has 4 fully saturated rings. The molecule has 0 spiro atoms. The largest absolute Gasteiger partial charge is 0.478 e. The van der Waals surface area contributed by atoms with Crippen molar-refractivity contribution in [3.05, 3.63) is 166 Å². The Labute approximate surface area is 560 Å². The first kappa shape index (κ1) is 70.6. The molecule has 3 amide bonds. The number of aliphatic hydroxyl groups excluding tert-OH is 1. The van der Waals surface area contributed by atoms with Crippen LogP contribution in [0.5, 0.6) is 0 Å². The number of aliphatic carboxylic acids is 1. The first-order chi connectivity index (χ1) is 45.8. The number of carbonyl (C=O) groups excluding carboxylic acids is 10. The fourth-order valence-corrected chi connectivity index (χ4v) is 16.6. The Kier molecular flexibility index (Phi) is 20.2. The van der Waals surface area contributed by atoms with Crippen LogP contribution in [0.4, 0.5) is 4.79 Å². The molecule has 4 aromatic carbocycles. The minimum Gasteiger partial charge on any atom is -0.478 e. The smallest absolute Gasteiger partial charge is 0.407 e. The van der Waals surface area contributed by atoms with Crippen molar-refractivity contribution in [2.75, 3.05) is 25.5 Å². The van der Waals surface area contributed by atoms with E-state index in [9.17, 15) is 62.7 Å². The van der Waals surface area contributed by atoms with E-state index in [4.69, 9.17) is 33.2 Å². The van der Waals surface area contributed by atoms with Gasteiger partial charge in [0.05, 0.1) is 59.2 Å². The van der Waals surface area contributed by atoms with Gasteiger partial charge in [-0.15, -0.1) is 0 Å². The van der Waals surface area contributed by atoms with E-state index in [1.807, 2.05) is 0 Å². The third-order valence-electron chi connectivity index (χ3n) is 19.8. The summed E-state index contributed by atoms with van der Waals surface area (Å²) in [4.78, 5) is 155. The second-order valence-corrected chi connectivity index (χ2v) is 28.6. The number of Topliss-reactive ketones (excluding diaryl/α,β-unsaturated/α-hetero) is 2. The van der Waals surface area contributed by atoms with Crippen molar-refractivity contribution in [3.63, 3.8) is 0 Å². The summed E-state index contributed by atoms with van der Waals surface area (Å²) in [6, 6.07) is 29.3. The van der Waals surface area contributed by atoms with Crippen LogP contribution in [0.3, 0.4) is 0 Å². The molecule has 25 nitrogen and oxygen atoms in total. The molecule has 10 rings (SSSR count). The van der Waals surface area contributed by atoms with Crippen LogP contribution in [0.2, 0.25) is 0 Å². The lowest BCUT2D eigenvalue weighted by Gasteiger charge is -2.67. The molecule has 1 saturated heterocycles. The fourth-order valence-electron chi connectivity index (χ4n) is 14.8. The molecule has 6 N–H and O–H groups in total. The normalized spacial score (nSPS) is 29.0. The maximum Gasteiger partial charge on any atom is 0.407 e. The molecule has 26 heteroatoms. The van der Waals surface area contributed by atoms with Crippen LogP contribution in [-0.2, 0) is 88.7 Å². The Hall–Kier alpha value is -9.24. The van der Waals surface area contributed by atoms with E-state index in [2.05, 4.69) is 16.0 Å². The van der Waals surface area contributed by atoms with Crippen molar-refractivity contribution in [1.29, 1.82) is 0 Å². The Balaban J connectivity index is 0.949. The van der Waals surface area contributed by atoms with E-state index in [0.717, 1.165) is 13.8 Å². The van der Waals surface area contributed by atoms with E-state index in [1.165, 1.54) is 52.0 Å². The number of hydrogen-bond donors (Lipinski definition) is 6. The third kappa shape index (κ3) is 13.6. The lowest BCUT2D eigenvalue weighted by atomic mass is 9.44. The van der Waals surface area contributed by atoms with Crippen molar-refractivity contribution >= 4 is 76.1 Å². The number of alkyl carbamates (subject to hydrolysis) is 1. The highest BCUT2D eigenvalue weighted by atomic mass is 32.2. The van der Waals surface area contributed by atoms with Crippen molar-refractivity contribution in [3.8, 4) is 0 Å². The molecule has 2 bridgehead atoms. The molecule has 4 aliphatic carbocycles. The fraction of sp³-hybridized carbons (Fsp3) is 0.451. The number of hydrogen-bond acceptors (Lipinski definition) is 21. The first-order valence-electron chi connectivity index (χ1n) is 31.6. The van der Waals surface area contributed by atoms with Crippen molar-refractivity contribution in [1.82, 2.24) is 16.0 Å². The van der Waals surface area contributed by atoms with Crippen LogP contribution >= 0.6 is 0 Å². The van der Waals surface area contributed by atoms with Gasteiger partial charge < -0.3 is 64.4 Å². The predicted molar refractivity (Wildman–Crippen MR) is 341 cm³/mol. The van der Waals surface area contributed by atoms with E-state index < -0.39 is 201 Å². The summed E-state index contributed by atoms with van der Waals surface area (Å²) in [6.45, 7) is 9.63. The van der Waals surface area contributed by atoms with Crippen LogP contribution in [-0.4, -0.2) is 169 Å². The number of carbonyl (C=O) groups is 11. The molecule has 6 aliphatic rings. The lowest BCUT2D eigenvalue weighted by Crippen LogP contribution is -2.82. The number of nitrogens with one attached hydrogen (secondary N) is 3. The summed E-state index contributed by atoms with van der Waals surface area (Å²) in [5.41, 5.74) is -9.33. The highest BCUT2D eigenvalue weighted by Gasteiger charge is 2.78. The van der Waals surface area contributed by atoms with Gasteiger partial charge in [-0.3, -0.25) is 37.8 Å². The van der Waals surface area contributed by atoms with Gasteiger partial charge in [0.1, 0.15) is 42.6 Å². The summed E-state index contributed by atoms with van der Waals surface area (Å²) in [5, 5.41) is 43.7. The molecule has 4 aromatic rings. The highest BCUT2D eigenvalue weighted by molar-refractivity contribution is 7.86.